The lowest BCUT2D eigenvalue weighted by molar-refractivity contribution is -0.242. The summed E-state index contributed by atoms with van der Waals surface area (Å²) in [7, 11) is 0. The van der Waals surface area contributed by atoms with Crippen molar-refractivity contribution < 1.29 is 14.2 Å². The summed E-state index contributed by atoms with van der Waals surface area (Å²) in [5, 5.41) is 0. The second-order valence-corrected chi connectivity index (χ2v) is 4.59. The molecule has 0 spiro atoms. The van der Waals surface area contributed by atoms with Crippen LogP contribution in [0.5, 0.6) is 0 Å². The van der Waals surface area contributed by atoms with Gasteiger partial charge in [-0.05, 0) is 18.9 Å². The van der Waals surface area contributed by atoms with E-state index in [0.717, 1.165) is 12.8 Å². The lowest BCUT2D eigenvalue weighted by Gasteiger charge is -2.33. The van der Waals surface area contributed by atoms with Gasteiger partial charge >= 0.3 is 0 Å². The molecule has 1 fully saturated rings. The highest BCUT2D eigenvalue weighted by atomic mass is 16.7. The van der Waals surface area contributed by atoms with E-state index in [1.54, 1.807) is 0 Å². The van der Waals surface area contributed by atoms with Gasteiger partial charge in [0.25, 0.3) is 0 Å². The molecule has 3 nitrogen and oxygen atoms in total. The Labute approximate surface area is 109 Å². The number of ether oxygens (including phenoxy) is 3. The van der Waals surface area contributed by atoms with Gasteiger partial charge in [-0.15, -0.1) is 0 Å². The Balaban J connectivity index is 1.73. The number of hydrogen-bond acceptors (Lipinski definition) is 3. The zero-order chi connectivity index (χ0) is 12.8. The molecule has 0 N–H and O–H groups in total. The molecule has 1 aromatic carbocycles. The van der Waals surface area contributed by atoms with Crippen LogP contribution in [0.15, 0.2) is 30.3 Å². The van der Waals surface area contributed by atoms with Crippen molar-refractivity contribution in [3.8, 4) is 0 Å². The van der Waals surface area contributed by atoms with Crippen LogP contribution in [0.4, 0.5) is 0 Å². The van der Waals surface area contributed by atoms with Gasteiger partial charge in [-0.2, -0.15) is 0 Å². The summed E-state index contributed by atoms with van der Waals surface area (Å²) in [4.78, 5) is 0. The average molecular weight is 249 g/mol. The summed E-state index contributed by atoms with van der Waals surface area (Å²) in [5.74, 6) is 0. The summed E-state index contributed by atoms with van der Waals surface area (Å²) < 4.78 is 17.0. The molecule has 1 aliphatic heterocycles. The molecule has 0 bridgehead atoms. The minimum atomic E-state index is -0.133. The van der Waals surface area contributed by atoms with Crippen molar-refractivity contribution in [2.24, 2.45) is 0 Å². The van der Waals surface area contributed by atoms with E-state index in [4.69, 9.17) is 14.2 Å². The second kappa shape index (κ2) is 6.88. The summed E-state index contributed by atoms with van der Waals surface area (Å²) in [6.45, 7) is 7.22. The topological polar surface area (TPSA) is 27.7 Å². The van der Waals surface area contributed by atoms with E-state index in [1.165, 1.54) is 5.56 Å². The fourth-order valence-electron chi connectivity index (χ4n) is 2.05. The van der Waals surface area contributed by atoms with Gasteiger partial charge in [-0.25, -0.2) is 0 Å². The minimum absolute atomic E-state index is 0.00836. The molecule has 1 radical (unpaired) electrons. The Bertz CT molecular complexity index is 339. The van der Waals surface area contributed by atoms with Crippen molar-refractivity contribution >= 4 is 0 Å². The Morgan fingerprint density at radius 3 is 2.78 bits per heavy atom. The van der Waals surface area contributed by atoms with E-state index >= 15 is 0 Å². The predicted molar refractivity (Wildman–Crippen MR) is 69.9 cm³/mol. The second-order valence-electron chi connectivity index (χ2n) is 4.59. The van der Waals surface area contributed by atoms with Crippen LogP contribution >= 0.6 is 0 Å². The lowest BCUT2D eigenvalue weighted by atomic mass is 10.1. The zero-order valence-electron chi connectivity index (χ0n) is 10.9. The van der Waals surface area contributed by atoms with E-state index in [2.05, 4.69) is 19.1 Å². The minimum Gasteiger partial charge on any atom is -0.374 e. The summed E-state index contributed by atoms with van der Waals surface area (Å²) in [6, 6.07) is 10.2. The fourth-order valence-corrected chi connectivity index (χ4v) is 2.05. The third kappa shape index (κ3) is 4.09. The first-order valence-electron chi connectivity index (χ1n) is 6.53. The molecule has 1 saturated heterocycles. The van der Waals surface area contributed by atoms with Gasteiger partial charge in [0, 0.05) is 6.42 Å². The van der Waals surface area contributed by atoms with Crippen LogP contribution in [0.3, 0.4) is 0 Å². The lowest BCUT2D eigenvalue weighted by Crippen LogP contribution is -2.38. The van der Waals surface area contributed by atoms with Gasteiger partial charge in [-0.1, -0.05) is 37.3 Å². The van der Waals surface area contributed by atoms with Gasteiger partial charge in [-0.3, -0.25) is 0 Å². The number of hydrogen-bond donors (Lipinski definition) is 0. The van der Waals surface area contributed by atoms with Crippen molar-refractivity contribution in [3.05, 3.63) is 42.8 Å². The largest absolute Gasteiger partial charge is 0.374 e. The first-order chi connectivity index (χ1) is 8.78. The van der Waals surface area contributed by atoms with E-state index < -0.39 is 0 Å². The molecule has 0 aromatic heterocycles. The van der Waals surface area contributed by atoms with Crippen molar-refractivity contribution in [1.82, 2.24) is 0 Å². The van der Waals surface area contributed by atoms with Gasteiger partial charge in [0.2, 0.25) is 0 Å². The van der Waals surface area contributed by atoms with Crippen LogP contribution < -0.4 is 0 Å². The molecule has 0 unspecified atom stereocenters. The third-order valence-corrected chi connectivity index (χ3v) is 2.96. The number of benzene rings is 1. The van der Waals surface area contributed by atoms with Gasteiger partial charge < -0.3 is 14.2 Å². The molecule has 3 atom stereocenters. The number of rotatable bonds is 5. The van der Waals surface area contributed by atoms with Crippen LogP contribution in [0.25, 0.3) is 0 Å². The van der Waals surface area contributed by atoms with E-state index in [-0.39, 0.29) is 18.5 Å². The quantitative estimate of drug-likeness (QED) is 0.803. The molecular weight excluding hydrogens is 228 g/mol. The molecule has 1 heterocycles. The van der Waals surface area contributed by atoms with Gasteiger partial charge in [0.05, 0.1) is 25.4 Å². The SMILES string of the molecule is [CH2][C@@H]1C[C@H](COCc2ccccc2)O[C@H](CC)O1. The van der Waals surface area contributed by atoms with Crippen molar-refractivity contribution in [1.29, 1.82) is 0 Å². The van der Waals surface area contributed by atoms with E-state index in [9.17, 15) is 0 Å². The van der Waals surface area contributed by atoms with Crippen LogP contribution in [0.2, 0.25) is 0 Å². The highest BCUT2D eigenvalue weighted by molar-refractivity contribution is 5.13. The standard InChI is InChI=1S/C15H21O3/c1-3-15-17-12(2)9-14(18-15)11-16-10-13-7-5-4-6-8-13/h4-8,12,14-15H,2-3,9-11H2,1H3/t12-,14-,15-/m1/s1. The molecule has 18 heavy (non-hydrogen) atoms. The van der Waals surface area contributed by atoms with Crippen LogP contribution in [-0.4, -0.2) is 25.1 Å². The normalized spacial score (nSPS) is 28.2. The summed E-state index contributed by atoms with van der Waals surface area (Å²) in [5.41, 5.74) is 1.18. The van der Waals surface area contributed by atoms with Crippen molar-refractivity contribution in [3.63, 3.8) is 0 Å². The van der Waals surface area contributed by atoms with Crippen molar-refractivity contribution in [2.45, 2.75) is 44.9 Å². The molecule has 2 rings (SSSR count). The zero-order valence-corrected chi connectivity index (χ0v) is 10.9. The molecule has 1 aromatic rings. The highest BCUT2D eigenvalue weighted by Crippen LogP contribution is 2.20. The monoisotopic (exact) mass is 249 g/mol. The molecule has 1 aliphatic rings. The highest BCUT2D eigenvalue weighted by Gasteiger charge is 2.26. The molecular formula is C15H21O3. The Hall–Kier alpha value is -0.900. The Kier molecular flexibility index (Phi) is 5.17. The van der Waals surface area contributed by atoms with Gasteiger partial charge in [0.1, 0.15) is 0 Å². The van der Waals surface area contributed by atoms with Crippen LogP contribution in [0.1, 0.15) is 25.3 Å². The van der Waals surface area contributed by atoms with Gasteiger partial charge in [0.15, 0.2) is 6.29 Å². The Morgan fingerprint density at radius 1 is 1.28 bits per heavy atom. The van der Waals surface area contributed by atoms with Crippen LogP contribution in [-0.2, 0) is 20.8 Å². The maximum atomic E-state index is 5.76. The van der Waals surface area contributed by atoms with Crippen LogP contribution in [0, 0.1) is 6.92 Å². The summed E-state index contributed by atoms with van der Waals surface area (Å²) >= 11 is 0. The Morgan fingerprint density at radius 2 is 2.06 bits per heavy atom. The smallest absolute Gasteiger partial charge is 0.158 e. The molecule has 0 saturated carbocycles. The molecule has 3 heteroatoms. The molecule has 0 amide bonds. The fraction of sp³-hybridized carbons (Fsp3) is 0.533. The maximum Gasteiger partial charge on any atom is 0.158 e. The van der Waals surface area contributed by atoms with E-state index in [1.807, 2.05) is 25.1 Å². The van der Waals surface area contributed by atoms with E-state index in [0.29, 0.717) is 13.2 Å². The predicted octanol–water partition coefficient (Wildman–Crippen LogP) is 2.95. The molecule has 0 aliphatic carbocycles. The summed E-state index contributed by atoms with van der Waals surface area (Å²) in [6.07, 6.45) is 1.61. The first kappa shape index (κ1) is 13.5. The average Bonchev–Trinajstić information content (AvgIpc) is 2.39. The third-order valence-electron chi connectivity index (χ3n) is 2.96. The molecule has 99 valence electrons. The first-order valence-corrected chi connectivity index (χ1v) is 6.53. The maximum absolute atomic E-state index is 5.76. The van der Waals surface area contributed by atoms with Crippen molar-refractivity contribution in [2.75, 3.05) is 6.61 Å².